The summed E-state index contributed by atoms with van der Waals surface area (Å²) in [4.78, 5) is 12.1. The van der Waals surface area contributed by atoms with Gasteiger partial charge in [0.1, 0.15) is 6.54 Å². The summed E-state index contributed by atoms with van der Waals surface area (Å²) in [7, 11) is -3.67. The predicted molar refractivity (Wildman–Crippen MR) is 108 cm³/mol. The van der Waals surface area contributed by atoms with Crippen LogP contribution in [-0.2, 0) is 14.8 Å². The van der Waals surface area contributed by atoms with Crippen molar-refractivity contribution in [2.24, 2.45) is 5.10 Å². The first-order chi connectivity index (χ1) is 12.2. The molecule has 9 heteroatoms. The lowest BCUT2D eigenvalue weighted by atomic mass is 10.2. The fourth-order valence-electron chi connectivity index (χ4n) is 2.03. The van der Waals surface area contributed by atoms with Crippen LogP contribution >= 0.6 is 27.5 Å². The molecular formula is C17H17BrClN3O3S. The van der Waals surface area contributed by atoms with Crippen molar-refractivity contribution in [3.63, 3.8) is 0 Å². The molecule has 0 unspecified atom stereocenters. The van der Waals surface area contributed by atoms with E-state index in [1.54, 1.807) is 19.1 Å². The van der Waals surface area contributed by atoms with Crippen LogP contribution in [-0.4, -0.2) is 33.3 Å². The Kier molecular flexibility index (Phi) is 6.80. The van der Waals surface area contributed by atoms with Crippen LogP contribution in [0.25, 0.3) is 0 Å². The van der Waals surface area contributed by atoms with Crippen molar-refractivity contribution in [1.29, 1.82) is 0 Å². The van der Waals surface area contributed by atoms with Gasteiger partial charge in [0.25, 0.3) is 5.91 Å². The van der Waals surface area contributed by atoms with E-state index < -0.39 is 22.5 Å². The smallest absolute Gasteiger partial charge is 0.260 e. The van der Waals surface area contributed by atoms with Crippen LogP contribution in [0, 0.1) is 6.92 Å². The van der Waals surface area contributed by atoms with Gasteiger partial charge in [0.05, 0.1) is 18.2 Å². The Labute approximate surface area is 166 Å². The standard InChI is InChI=1S/C17H17BrClN3O3S/c1-12-3-8-15(9-16(12)19)22(26(2,24)25)11-17(23)21-20-10-13-4-6-14(18)7-5-13/h3-10H,11H2,1-2H3,(H,21,23)/b20-10-. The number of halogens is 2. The predicted octanol–water partition coefficient (Wildman–Crippen LogP) is 3.33. The van der Waals surface area contributed by atoms with E-state index in [9.17, 15) is 13.2 Å². The monoisotopic (exact) mass is 457 g/mol. The summed E-state index contributed by atoms with van der Waals surface area (Å²) < 4.78 is 26.0. The molecule has 0 aliphatic heterocycles. The maximum Gasteiger partial charge on any atom is 0.260 e. The fourth-order valence-corrected chi connectivity index (χ4v) is 3.32. The van der Waals surface area contributed by atoms with Gasteiger partial charge in [-0.3, -0.25) is 9.10 Å². The van der Waals surface area contributed by atoms with Crippen molar-refractivity contribution >= 4 is 55.4 Å². The van der Waals surface area contributed by atoms with Gasteiger partial charge < -0.3 is 0 Å². The second kappa shape index (κ2) is 8.66. The molecule has 1 N–H and O–H groups in total. The van der Waals surface area contributed by atoms with Gasteiger partial charge in [0.2, 0.25) is 10.0 Å². The summed E-state index contributed by atoms with van der Waals surface area (Å²) in [5.41, 5.74) is 4.24. The number of amides is 1. The Balaban J connectivity index is 2.09. The van der Waals surface area contributed by atoms with Gasteiger partial charge in [-0.2, -0.15) is 5.10 Å². The number of benzene rings is 2. The molecule has 0 saturated carbocycles. The number of carbonyl (C=O) groups is 1. The average Bonchev–Trinajstić information content (AvgIpc) is 2.56. The van der Waals surface area contributed by atoms with Gasteiger partial charge in [-0.15, -0.1) is 0 Å². The number of hydrazone groups is 1. The van der Waals surface area contributed by atoms with Gasteiger partial charge in [-0.1, -0.05) is 45.7 Å². The number of nitrogens with zero attached hydrogens (tertiary/aromatic N) is 2. The molecule has 2 aromatic rings. The largest absolute Gasteiger partial charge is 0.271 e. The van der Waals surface area contributed by atoms with E-state index in [-0.39, 0.29) is 0 Å². The molecule has 0 atom stereocenters. The second-order valence-electron chi connectivity index (χ2n) is 5.55. The maximum atomic E-state index is 12.1. The molecule has 138 valence electrons. The van der Waals surface area contributed by atoms with E-state index >= 15 is 0 Å². The van der Waals surface area contributed by atoms with Gasteiger partial charge in [-0.25, -0.2) is 13.8 Å². The summed E-state index contributed by atoms with van der Waals surface area (Å²) in [6, 6.07) is 12.1. The highest BCUT2D eigenvalue weighted by Gasteiger charge is 2.21. The summed E-state index contributed by atoms with van der Waals surface area (Å²) in [6.45, 7) is 1.40. The fraction of sp³-hybridized carbons (Fsp3) is 0.176. The number of nitrogens with one attached hydrogen (secondary N) is 1. The second-order valence-corrected chi connectivity index (χ2v) is 8.78. The first-order valence-corrected chi connectivity index (χ1v) is 10.5. The average molecular weight is 459 g/mol. The molecule has 0 aromatic heterocycles. The van der Waals surface area contributed by atoms with Crippen LogP contribution in [0.5, 0.6) is 0 Å². The molecule has 1 amide bonds. The Morgan fingerprint density at radius 2 is 1.92 bits per heavy atom. The number of hydrogen-bond acceptors (Lipinski definition) is 4. The van der Waals surface area contributed by atoms with E-state index in [2.05, 4.69) is 26.5 Å². The lowest BCUT2D eigenvalue weighted by molar-refractivity contribution is -0.119. The number of anilines is 1. The molecule has 2 aromatic carbocycles. The molecule has 6 nitrogen and oxygen atoms in total. The molecule has 0 aliphatic carbocycles. The molecule has 26 heavy (non-hydrogen) atoms. The molecule has 0 heterocycles. The minimum Gasteiger partial charge on any atom is -0.271 e. The van der Waals surface area contributed by atoms with E-state index in [0.717, 1.165) is 26.2 Å². The number of rotatable bonds is 6. The van der Waals surface area contributed by atoms with E-state index in [1.165, 1.54) is 12.3 Å². The molecule has 0 fully saturated rings. The Bertz CT molecular complexity index is 931. The maximum absolute atomic E-state index is 12.1. The zero-order chi connectivity index (χ0) is 19.3. The summed E-state index contributed by atoms with van der Waals surface area (Å²) >= 11 is 9.39. The van der Waals surface area contributed by atoms with Crippen LogP contribution in [0.3, 0.4) is 0 Å². The Morgan fingerprint density at radius 3 is 2.50 bits per heavy atom. The van der Waals surface area contributed by atoms with Gasteiger partial charge in [0.15, 0.2) is 0 Å². The number of hydrogen-bond donors (Lipinski definition) is 1. The first kappa shape index (κ1) is 20.4. The zero-order valence-corrected chi connectivity index (χ0v) is 17.3. The molecule has 0 bridgehead atoms. The molecule has 0 aliphatic rings. The number of sulfonamides is 1. The molecule has 2 rings (SSSR count). The molecule has 0 saturated heterocycles. The number of carbonyl (C=O) groups excluding carboxylic acids is 1. The van der Waals surface area contributed by atoms with Crippen LogP contribution in [0.2, 0.25) is 5.02 Å². The van der Waals surface area contributed by atoms with Gasteiger partial charge >= 0.3 is 0 Å². The van der Waals surface area contributed by atoms with E-state index in [4.69, 9.17) is 11.6 Å². The van der Waals surface area contributed by atoms with Crippen molar-refractivity contribution < 1.29 is 13.2 Å². The topological polar surface area (TPSA) is 78.8 Å². The Morgan fingerprint density at radius 1 is 1.27 bits per heavy atom. The van der Waals surface area contributed by atoms with Gasteiger partial charge in [-0.05, 0) is 42.3 Å². The van der Waals surface area contributed by atoms with Crippen LogP contribution in [0.4, 0.5) is 5.69 Å². The molecular weight excluding hydrogens is 442 g/mol. The lowest BCUT2D eigenvalue weighted by Crippen LogP contribution is -2.39. The molecule has 0 spiro atoms. The van der Waals surface area contributed by atoms with E-state index in [0.29, 0.717) is 10.7 Å². The number of aryl methyl sites for hydroxylation is 1. The lowest BCUT2D eigenvalue weighted by Gasteiger charge is -2.21. The quantitative estimate of drug-likeness (QED) is 0.533. The third-order valence-electron chi connectivity index (χ3n) is 3.40. The first-order valence-electron chi connectivity index (χ1n) is 7.48. The molecule has 0 radical (unpaired) electrons. The van der Waals surface area contributed by atoms with Crippen LogP contribution in [0.1, 0.15) is 11.1 Å². The van der Waals surface area contributed by atoms with Crippen molar-refractivity contribution in [3.8, 4) is 0 Å². The summed E-state index contributed by atoms with van der Waals surface area (Å²) in [6.07, 6.45) is 2.50. The van der Waals surface area contributed by atoms with E-state index in [1.807, 2.05) is 24.3 Å². The van der Waals surface area contributed by atoms with Crippen molar-refractivity contribution in [1.82, 2.24) is 5.43 Å². The summed E-state index contributed by atoms with van der Waals surface area (Å²) in [5.74, 6) is -0.569. The third-order valence-corrected chi connectivity index (χ3v) is 5.48. The van der Waals surface area contributed by atoms with Gasteiger partial charge in [0, 0.05) is 9.50 Å². The third kappa shape index (κ3) is 5.82. The highest BCUT2D eigenvalue weighted by atomic mass is 79.9. The summed E-state index contributed by atoms with van der Waals surface area (Å²) in [5, 5.41) is 4.27. The van der Waals surface area contributed by atoms with Crippen molar-refractivity contribution in [2.75, 3.05) is 17.1 Å². The normalized spacial score (nSPS) is 11.5. The van der Waals surface area contributed by atoms with Crippen LogP contribution < -0.4 is 9.73 Å². The van der Waals surface area contributed by atoms with Crippen molar-refractivity contribution in [2.45, 2.75) is 6.92 Å². The zero-order valence-electron chi connectivity index (χ0n) is 14.1. The Hall–Kier alpha value is -1.90. The highest BCUT2D eigenvalue weighted by Crippen LogP contribution is 2.24. The minimum atomic E-state index is -3.67. The highest BCUT2D eigenvalue weighted by molar-refractivity contribution is 9.10. The van der Waals surface area contributed by atoms with Crippen LogP contribution in [0.15, 0.2) is 52.0 Å². The minimum absolute atomic E-state index is 0.315. The van der Waals surface area contributed by atoms with Crippen molar-refractivity contribution in [3.05, 3.63) is 63.1 Å². The SMILES string of the molecule is Cc1ccc(N(CC(=O)N/N=C\c2ccc(Br)cc2)S(C)(=O)=O)cc1Cl.